The molecule has 0 radical (unpaired) electrons. The van der Waals surface area contributed by atoms with E-state index in [1.165, 1.54) is 6.07 Å². The van der Waals surface area contributed by atoms with E-state index in [9.17, 15) is 18.3 Å². The highest BCUT2D eigenvalue weighted by atomic mass is 32.2. The maximum Gasteiger partial charge on any atom is 0.406 e. The first-order valence-corrected chi connectivity index (χ1v) is 11.1. The summed E-state index contributed by atoms with van der Waals surface area (Å²) >= 11 is 0. The number of carbonyl (C=O) groups excluding carboxylic acids is 1. The van der Waals surface area contributed by atoms with E-state index in [0.717, 1.165) is 18.4 Å². The van der Waals surface area contributed by atoms with Gasteiger partial charge in [-0.2, -0.15) is 4.72 Å². The lowest BCUT2D eigenvalue weighted by molar-refractivity contribution is 0.00435. The lowest BCUT2D eigenvalue weighted by Crippen LogP contribution is -2.53. The molecule has 1 amide bonds. The first-order chi connectivity index (χ1) is 13.7. The summed E-state index contributed by atoms with van der Waals surface area (Å²) in [7, 11) is -4.21. The van der Waals surface area contributed by atoms with Crippen LogP contribution in [0.4, 0.5) is 4.79 Å². The summed E-state index contributed by atoms with van der Waals surface area (Å²) in [6.07, 6.45) is 1.43. The van der Waals surface area contributed by atoms with Gasteiger partial charge in [-0.3, -0.25) is 0 Å². The second-order valence-electron chi connectivity index (χ2n) is 6.90. The fraction of sp³-hybridized carbons (Fsp3) is 0.381. The van der Waals surface area contributed by atoms with E-state index in [4.69, 9.17) is 10.5 Å². The second kappa shape index (κ2) is 9.76. The highest BCUT2D eigenvalue weighted by Gasteiger charge is 2.38. The van der Waals surface area contributed by atoms with Gasteiger partial charge in [-0.25, -0.2) is 13.2 Å². The van der Waals surface area contributed by atoms with Crippen molar-refractivity contribution in [3.05, 3.63) is 59.7 Å². The van der Waals surface area contributed by atoms with Crippen LogP contribution >= 0.6 is 0 Å². The maximum absolute atomic E-state index is 13.1. The van der Waals surface area contributed by atoms with Crippen molar-refractivity contribution in [2.45, 2.75) is 56.6 Å². The van der Waals surface area contributed by atoms with Crippen molar-refractivity contribution < 1.29 is 23.1 Å². The minimum atomic E-state index is -4.21. The van der Waals surface area contributed by atoms with Crippen LogP contribution in [0.15, 0.2) is 53.4 Å². The Morgan fingerprint density at radius 3 is 2.41 bits per heavy atom. The summed E-state index contributed by atoms with van der Waals surface area (Å²) in [6.45, 7) is 3.70. The Morgan fingerprint density at radius 2 is 1.83 bits per heavy atom. The van der Waals surface area contributed by atoms with Crippen LogP contribution in [0.3, 0.4) is 0 Å². The van der Waals surface area contributed by atoms with Crippen molar-refractivity contribution >= 4 is 16.1 Å². The monoisotopic (exact) mass is 420 g/mol. The normalized spacial score (nSPS) is 13.6. The number of aryl methyl sites for hydroxylation is 1. The predicted octanol–water partition coefficient (Wildman–Crippen LogP) is 3.46. The van der Waals surface area contributed by atoms with Crippen LogP contribution in [-0.4, -0.2) is 25.3 Å². The third kappa shape index (κ3) is 5.95. The van der Waals surface area contributed by atoms with E-state index in [1.807, 2.05) is 13.0 Å². The van der Waals surface area contributed by atoms with E-state index >= 15 is 0 Å². The largest absolute Gasteiger partial charge is 0.506 e. The number of primary amides is 1. The van der Waals surface area contributed by atoms with Gasteiger partial charge in [-0.05, 0) is 36.5 Å². The number of para-hydroxylation sites is 1. The average molecular weight is 421 g/mol. The summed E-state index contributed by atoms with van der Waals surface area (Å²) in [4.78, 5) is 11.3. The Hall–Kier alpha value is -2.58. The molecule has 4 N–H and O–H groups in total. The van der Waals surface area contributed by atoms with Crippen molar-refractivity contribution in [1.29, 1.82) is 0 Å². The van der Waals surface area contributed by atoms with Crippen LogP contribution in [-0.2, 0) is 27.6 Å². The Kier molecular flexibility index (Phi) is 7.64. The zero-order chi connectivity index (χ0) is 21.5. The zero-order valence-electron chi connectivity index (χ0n) is 16.7. The second-order valence-corrected chi connectivity index (χ2v) is 8.56. The lowest BCUT2D eigenvalue weighted by Gasteiger charge is -2.32. The number of phenolic OH excluding ortho intramolecular Hbond substituents is 1. The smallest absolute Gasteiger partial charge is 0.406 e. The molecule has 0 unspecified atom stereocenters. The van der Waals surface area contributed by atoms with Crippen LogP contribution in [0.5, 0.6) is 5.75 Å². The molecule has 0 saturated carbocycles. The number of nitrogens with two attached hydrogens (primary N) is 1. The number of ether oxygens (including phenoxy) is 1. The summed E-state index contributed by atoms with van der Waals surface area (Å²) in [5, 5.41) is 10.5. The Bertz CT molecular complexity index is 931. The molecule has 7 nitrogen and oxygen atoms in total. The van der Waals surface area contributed by atoms with Crippen LogP contribution < -0.4 is 10.5 Å². The number of benzene rings is 2. The Balaban J connectivity index is 2.42. The van der Waals surface area contributed by atoms with E-state index in [0.29, 0.717) is 12.0 Å². The molecule has 0 spiro atoms. The highest BCUT2D eigenvalue weighted by Crippen LogP contribution is 2.30. The molecule has 2 rings (SSSR count). The zero-order valence-corrected chi connectivity index (χ0v) is 17.5. The van der Waals surface area contributed by atoms with Crippen LogP contribution in [0.1, 0.15) is 44.2 Å². The number of aromatic hydroxyl groups is 1. The number of rotatable bonds is 10. The molecule has 158 valence electrons. The summed E-state index contributed by atoms with van der Waals surface area (Å²) < 4.78 is 34.0. The number of amides is 1. The SMILES string of the molecule is CCCCc1cccc(S(=O)(=O)N[C@](CC)(Cc2ccccc2)OC(N)=O)c1O. The van der Waals surface area contributed by atoms with Gasteiger partial charge < -0.3 is 15.6 Å². The quantitative estimate of drug-likeness (QED) is 0.509. The molecule has 2 aromatic rings. The summed E-state index contributed by atoms with van der Waals surface area (Å²) in [5.74, 6) is -0.294. The molecule has 0 saturated heterocycles. The van der Waals surface area contributed by atoms with Crippen molar-refractivity contribution in [3.8, 4) is 5.75 Å². The molecule has 2 aromatic carbocycles. The molecule has 0 aliphatic carbocycles. The lowest BCUT2D eigenvalue weighted by atomic mass is 10.0. The third-order valence-corrected chi connectivity index (χ3v) is 6.24. The minimum Gasteiger partial charge on any atom is -0.506 e. The van der Waals surface area contributed by atoms with Crippen molar-refractivity contribution in [1.82, 2.24) is 4.72 Å². The van der Waals surface area contributed by atoms with Gasteiger partial charge in [-0.15, -0.1) is 0 Å². The summed E-state index contributed by atoms with van der Waals surface area (Å²) in [6, 6.07) is 13.6. The molecule has 0 bridgehead atoms. The summed E-state index contributed by atoms with van der Waals surface area (Å²) in [5.41, 5.74) is 4.96. The van der Waals surface area contributed by atoms with Gasteiger partial charge in [0, 0.05) is 6.42 Å². The number of hydrogen-bond acceptors (Lipinski definition) is 5. The van der Waals surface area contributed by atoms with E-state index in [1.54, 1.807) is 43.3 Å². The van der Waals surface area contributed by atoms with Crippen molar-refractivity contribution in [3.63, 3.8) is 0 Å². The molecular weight excluding hydrogens is 392 g/mol. The van der Waals surface area contributed by atoms with Crippen molar-refractivity contribution in [2.24, 2.45) is 5.73 Å². The Labute approximate surface area is 171 Å². The molecule has 1 atom stereocenters. The van der Waals surface area contributed by atoms with Crippen LogP contribution in [0.25, 0.3) is 0 Å². The number of hydrogen-bond donors (Lipinski definition) is 3. The van der Waals surface area contributed by atoms with Crippen LogP contribution in [0, 0.1) is 0 Å². The van der Waals surface area contributed by atoms with Gasteiger partial charge in [0.15, 0.2) is 5.72 Å². The molecule has 0 aliphatic rings. The molecule has 0 heterocycles. The van der Waals surface area contributed by atoms with Gasteiger partial charge in [0.25, 0.3) is 0 Å². The van der Waals surface area contributed by atoms with Gasteiger partial charge >= 0.3 is 6.09 Å². The number of carbonyl (C=O) groups is 1. The van der Waals surface area contributed by atoms with Gasteiger partial charge in [-0.1, -0.05) is 62.7 Å². The third-order valence-electron chi connectivity index (χ3n) is 4.69. The van der Waals surface area contributed by atoms with Crippen molar-refractivity contribution in [2.75, 3.05) is 0 Å². The van der Waals surface area contributed by atoms with Gasteiger partial charge in [0.2, 0.25) is 10.0 Å². The molecule has 29 heavy (non-hydrogen) atoms. The number of phenols is 1. The highest BCUT2D eigenvalue weighted by molar-refractivity contribution is 7.89. The van der Waals surface area contributed by atoms with Crippen LogP contribution in [0.2, 0.25) is 0 Å². The molecule has 0 aliphatic heterocycles. The van der Waals surface area contributed by atoms with Gasteiger partial charge in [0.05, 0.1) is 0 Å². The predicted molar refractivity (Wildman–Crippen MR) is 111 cm³/mol. The molecular formula is C21H28N2O5S. The molecule has 0 fully saturated rings. The van der Waals surface area contributed by atoms with E-state index in [2.05, 4.69) is 4.72 Å². The van der Waals surface area contributed by atoms with Gasteiger partial charge in [0.1, 0.15) is 10.6 Å². The average Bonchev–Trinajstić information content (AvgIpc) is 2.67. The number of sulfonamides is 1. The van der Waals surface area contributed by atoms with E-state index in [-0.39, 0.29) is 23.5 Å². The molecule has 0 aromatic heterocycles. The maximum atomic E-state index is 13.1. The topological polar surface area (TPSA) is 119 Å². The minimum absolute atomic E-state index is 0.0861. The molecule has 8 heteroatoms. The fourth-order valence-corrected chi connectivity index (χ4v) is 4.64. The fourth-order valence-electron chi connectivity index (χ4n) is 3.13. The number of unbranched alkanes of at least 4 members (excludes halogenated alkanes) is 1. The first kappa shape index (κ1) is 22.7. The first-order valence-electron chi connectivity index (χ1n) is 9.60. The van der Waals surface area contributed by atoms with E-state index < -0.39 is 21.8 Å². The number of nitrogens with one attached hydrogen (secondary N) is 1. The Morgan fingerprint density at radius 1 is 1.14 bits per heavy atom. The standard InChI is InChI=1S/C21H28N2O5S/c1-3-5-12-17-13-9-14-18(19(17)24)29(26,27)23-21(4-2,28-20(22)25)15-16-10-7-6-8-11-16/h6-11,13-14,23-24H,3-5,12,15H2,1-2H3,(H2,22,25)/t21-/m0/s1.